The van der Waals surface area contributed by atoms with E-state index in [1.54, 1.807) is 42.5 Å². The van der Waals surface area contributed by atoms with Gasteiger partial charge in [-0.05, 0) is 42.8 Å². The van der Waals surface area contributed by atoms with Crippen LogP contribution in [-0.2, 0) is 9.59 Å². The SMILES string of the molecule is CCOc1ccccc1NC1=C(c2ccccc2)C(=O)N(c2cccc(Cl)c2)C1=O. The minimum Gasteiger partial charge on any atom is -0.492 e. The predicted molar refractivity (Wildman–Crippen MR) is 119 cm³/mol. The number of benzene rings is 3. The van der Waals surface area contributed by atoms with Crippen molar-refractivity contribution in [2.75, 3.05) is 16.8 Å². The highest BCUT2D eigenvalue weighted by Crippen LogP contribution is 2.36. The number of carbonyl (C=O) groups excluding carboxylic acids is 2. The van der Waals surface area contributed by atoms with Crippen molar-refractivity contribution in [1.82, 2.24) is 0 Å². The molecular weight excluding hydrogens is 400 g/mol. The fraction of sp³-hybridized carbons (Fsp3) is 0.0833. The molecule has 3 aromatic rings. The number of hydrogen-bond acceptors (Lipinski definition) is 4. The molecule has 5 nitrogen and oxygen atoms in total. The quantitative estimate of drug-likeness (QED) is 0.563. The van der Waals surface area contributed by atoms with E-state index in [0.29, 0.717) is 39.9 Å². The highest BCUT2D eigenvalue weighted by atomic mass is 35.5. The van der Waals surface area contributed by atoms with E-state index in [4.69, 9.17) is 16.3 Å². The number of hydrogen-bond donors (Lipinski definition) is 1. The van der Waals surface area contributed by atoms with Crippen LogP contribution in [0.5, 0.6) is 5.75 Å². The van der Waals surface area contributed by atoms with Gasteiger partial charge in [0.1, 0.15) is 11.4 Å². The van der Waals surface area contributed by atoms with Crippen molar-refractivity contribution in [3.8, 4) is 5.75 Å². The minimum atomic E-state index is -0.451. The molecule has 1 N–H and O–H groups in total. The summed E-state index contributed by atoms with van der Waals surface area (Å²) in [6, 6.07) is 23.1. The van der Waals surface area contributed by atoms with Gasteiger partial charge >= 0.3 is 0 Å². The topological polar surface area (TPSA) is 58.6 Å². The molecule has 0 unspecified atom stereocenters. The molecule has 0 radical (unpaired) electrons. The highest BCUT2D eigenvalue weighted by molar-refractivity contribution is 6.46. The summed E-state index contributed by atoms with van der Waals surface area (Å²) in [5, 5.41) is 3.59. The van der Waals surface area contributed by atoms with Gasteiger partial charge in [-0.1, -0.05) is 60.1 Å². The zero-order chi connectivity index (χ0) is 21.1. The second-order valence-electron chi connectivity index (χ2n) is 6.60. The van der Waals surface area contributed by atoms with Crippen molar-refractivity contribution in [3.63, 3.8) is 0 Å². The molecule has 6 heteroatoms. The molecule has 1 heterocycles. The molecule has 0 saturated heterocycles. The maximum absolute atomic E-state index is 13.4. The normalized spacial score (nSPS) is 13.7. The van der Waals surface area contributed by atoms with Crippen molar-refractivity contribution < 1.29 is 14.3 Å². The molecule has 30 heavy (non-hydrogen) atoms. The lowest BCUT2D eigenvalue weighted by Crippen LogP contribution is -2.32. The molecule has 2 amide bonds. The number of amides is 2. The van der Waals surface area contributed by atoms with E-state index in [2.05, 4.69) is 5.32 Å². The third kappa shape index (κ3) is 3.67. The Bertz CT molecular complexity index is 1140. The smallest absolute Gasteiger partial charge is 0.282 e. The van der Waals surface area contributed by atoms with Crippen molar-refractivity contribution in [3.05, 3.63) is 95.1 Å². The van der Waals surface area contributed by atoms with Gasteiger partial charge in [0.05, 0.1) is 23.6 Å². The molecule has 0 fully saturated rings. The molecule has 150 valence electrons. The van der Waals surface area contributed by atoms with Gasteiger partial charge in [-0.2, -0.15) is 0 Å². The number of carbonyl (C=O) groups is 2. The van der Waals surface area contributed by atoms with Gasteiger partial charge in [0.2, 0.25) is 0 Å². The molecule has 1 aliphatic rings. The van der Waals surface area contributed by atoms with E-state index < -0.39 is 11.8 Å². The summed E-state index contributed by atoms with van der Waals surface area (Å²) in [7, 11) is 0. The third-order valence-corrected chi connectivity index (χ3v) is 4.89. The van der Waals surface area contributed by atoms with Crippen molar-refractivity contribution in [2.24, 2.45) is 0 Å². The second-order valence-corrected chi connectivity index (χ2v) is 7.03. The van der Waals surface area contributed by atoms with Crippen LogP contribution in [-0.4, -0.2) is 18.4 Å². The third-order valence-electron chi connectivity index (χ3n) is 4.66. The lowest BCUT2D eigenvalue weighted by Gasteiger charge is -2.16. The lowest BCUT2D eigenvalue weighted by molar-refractivity contribution is -0.120. The molecule has 4 rings (SSSR count). The first-order chi connectivity index (χ1) is 14.6. The Balaban J connectivity index is 1.82. The van der Waals surface area contributed by atoms with Gasteiger partial charge in [-0.3, -0.25) is 9.59 Å². The lowest BCUT2D eigenvalue weighted by atomic mass is 10.0. The fourth-order valence-electron chi connectivity index (χ4n) is 3.35. The molecule has 0 aliphatic carbocycles. The first-order valence-corrected chi connectivity index (χ1v) is 9.91. The number of rotatable bonds is 6. The van der Waals surface area contributed by atoms with E-state index in [-0.39, 0.29) is 5.70 Å². The van der Waals surface area contributed by atoms with Crippen molar-refractivity contribution >= 4 is 40.4 Å². The van der Waals surface area contributed by atoms with Gasteiger partial charge in [0.25, 0.3) is 11.8 Å². The summed E-state index contributed by atoms with van der Waals surface area (Å²) >= 11 is 6.10. The van der Waals surface area contributed by atoms with E-state index in [0.717, 1.165) is 4.90 Å². The first kappa shape index (κ1) is 19.7. The van der Waals surface area contributed by atoms with Crippen LogP contribution in [0.2, 0.25) is 5.02 Å². The van der Waals surface area contributed by atoms with Gasteiger partial charge in [0.15, 0.2) is 0 Å². The Kier molecular flexibility index (Phi) is 5.55. The number of anilines is 2. The summed E-state index contributed by atoms with van der Waals surface area (Å²) in [5.41, 5.74) is 2.17. The average Bonchev–Trinajstić information content (AvgIpc) is 3.00. The van der Waals surface area contributed by atoms with Gasteiger partial charge in [-0.25, -0.2) is 4.90 Å². The Labute approximate surface area is 179 Å². The van der Waals surface area contributed by atoms with Gasteiger partial charge in [-0.15, -0.1) is 0 Å². The van der Waals surface area contributed by atoms with Crippen LogP contribution in [0.3, 0.4) is 0 Å². The number of imide groups is 1. The van der Waals surface area contributed by atoms with E-state index in [9.17, 15) is 9.59 Å². The Morgan fingerprint density at radius 2 is 1.63 bits per heavy atom. The van der Waals surface area contributed by atoms with Crippen LogP contribution in [0.25, 0.3) is 5.57 Å². The van der Waals surface area contributed by atoms with Crippen LogP contribution in [0.4, 0.5) is 11.4 Å². The molecule has 0 spiro atoms. The van der Waals surface area contributed by atoms with Crippen LogP contribution in [0, 0.1) is 0 Å². The number of para-hydroxylation sites is 2. The molecule has 0 bridgehead atoms. The molecular formula is C24H19ClN2O3. The van der Waals surface area contributed by atoms with Crippen molar-refractivity contribution in [2.45, 2.75) is 6.92 Å². The number of halogens is 1. The van der Waals surface area contributed by atoms with Crippen LogP contribution in [0.1, 0.15) is 12.5 Å². The Morgan fingerprint density at radius 1 is 0.900 bits per heavy atom. The first-order valence-electron chi connectivity index (χ1n) is 9.53. The average molecular weight is 419 g/mol. The minimum absolute atomic E-state index is 0.193. The van der Waals surface area contributed by atoms with Crippen LogP contribution >= 0.6 is 11.6 Å². The Morgan fingerprint density at radius 3 is 2.37 bits per heavy atom. The summed E-state index contributed by atoms with van der Waals surface area (Å²) in [6.45, 7) is 2.36. The number of nitrogens with one attached hydrogen (secondary N) is 1. The van der Waals surface area contributed by atoms with E-state index in [1.165, 1.54) is 0 Å². The zero-order valence-corrected chi connectivity index (χ0v) is 17.0. The molecule has 0 atom stereocenters. The molecule has 3 aromatic carbocycles. The summed E-state index contributed by atoms with van der Waals surface area (Å²) < 4.78 is 5.67. The summed E-state index contributed by atoms with van der Waals surface area (Å²) in [4.78, 5) is 27.9. The Hall–Kier alpha value is -3.57. The summed E-state index contributed by atoms with van der Waals surface area (Å²) in [5.74, 6) is -0.265. The van der Waals surface area contributed by atoms with Crippen LogP contribution in [0.15, 0.2) is 84.6 Å². The van der Waals surface area contributed by atoms with Crippen molar-refractivity contribution in [1.29, 1.82) is 0 Å². The molecule has 0 saturated carbocycles. The standard InChI is InChI=1S/C24H19ClN2O3/c1-2-30-20-14-7-6-13-19(20)26-22-21(16-9-4-3-5-10-16)23(28)27(24(22)29)18-12-8-11-17(25)15-18/h3-15,26H,2H2,1H3. The maximum Gasteiger partial charge on any atom is 0.282 e. The number of ether oxygens (including phenoxy) is 1. The largest absolute Gasteiger partial charge is 0.492 e. The summed E-state index contributed by atoms with van der Waals surface area (Å²) in [6.07, 6.45) is 0. The predicted octanol–water partition coefficient (Wildman–Crippen LogP) is 5.14. The maximum atomic E-state index is 13.4. The van der Waals surface area contributed by atoms with Crippen LogP contribution < -0.4 is 15.0 Å². The monoisotopic (exact) mass is 418 g/mol. The zero-order valence-electron chi connectivity index (χ0n) is 16.3. The van der Waals surface area contributed by atoms with Gasteiger partial charge in [0, 0.05) is 5.02 Å². The second kappa shape index (κ2) is 8.43. The van der Waals surface area contributed by atoms with E-state index in [1.807, 2.05) is 43.3 Å². The highest BCUT2D eigenvalue weighted by Gasteiger charge is 2.40. The molecule has 1 aliphatic heterocycles. The molecule has 0 aromatic heterocycles. The van der Waals surface area contributed by atoms with E-state index >= 15 is 0 Å². The number of nitrogens with zero attached hydrogens (tertiary/aromatic N) is 1. The van der Waals surface area contributed by atoms with Gasteiger partial charge < -0.3 is 10.1 Å². The fourth-order valence-corrected chi connectivity index (χ4v) is 3.54.